The van der Waals surface area contributed by atoms with Gasteiger partial charge in [0.05, 0.1) is 0 Å². The van der Waals surface area contributed by atoms with Gasteiger partial charge in [0.2, 0.25) is 0 Å². The second-order valence-corrected chi connectivity index (χ2v) is 5.39. The van der Waals surface area contributed by atoms with Crippen molar-refractivity contribution < 1.29 is 0 Å². The van der Waals surface area contributed by atoms with Crippen molar-refractivity contribution >= 4 is 0 Å². The first-order chi connectivity index (χ1) is 8.25. The highest BCUT2D eigenvalue weighted by Crippen LogP contribution is 2.42. The van der Waals surface area contributed by atoms with E-state index >= 15 is 0 Å². The monoisotopic (exact) mass is 231 g/mol. The maximum atomic E-state index is 6.12. The van der Waals surface area contributed by atoms with E-state index in [0.717, 1.165) is 19.4 Å². The first kappa shape index (κ1) is 12.6. The van der Waals surface area contributed by atoms with Gasteiger partial charge in [-0.2, -0.15) is 0 Å². The fourth-order valence-electron chi connectivity index (χ4n) is 3.28. The van der Waals surface area contributed by atoms with Gasteiger partial charge in [-0.3, -0.25) is 0 Å². The number of benzene rings is 1. The maximum absolute atomic E-state index is 6.12. The van der Waals surface area contributed by atoms with E-state index in [2.05, 4.69) is 32.0 Å². The largest absolute Gasteiger partial charge is 0.330 e. The lowest BCUT2D eigenvalue weighted by Crippen LogP contribution is -2.33. The average Bonchev–Trinajstić information content (AvgIpc) is 2.88. The highest BCUT2D eigenvalue weighted by atomic mass is 14.6. The summed E-state index contributed by atoms with van der Waals surface area (Å²) >= 11 is 0. The quantitative estimate of drug-likeness (QED) is 0.842. The minimum atomic E-state index is 0.288. The van der Waals surface area contributed by atoms with Crippen molar-refractivity contribution in [2.75, 3.05) is 6.54 Å². The lowest BCUT2D eigenvalue weighted by molar-refractivity contribution is 0.449. The molecule has 17 heavy (non-hydrogen) atoms. The summed E-state index contributed by atoms with van der Waals surface area (Å²) in [5.74, 6) is 0. The molecule has 0 amide bonds. The zero-order valence-electron chi connectivity index (χ0n) is 11.3. The summed E-state index contributed by atoms with van der Waals surface area (Å²) in [6, 6.07) is 7.03. The first-order valence-electron chi connectivity index (χ1n) is 7.08. The van der Waals surface area contributed by atoms with Crippen molar-refractivity contribution in [3.8, 4) is 0 Å². The van der Waals surface area contributed by atoms with E-state index in [1.165, 1.54) is 36.8 Å². The summed E-state index contributed by atoms with van der Waals surface area (Å²) < 4.78 is 0. The lowest BCUT2D eigenvalue weighted by Gasteiger charge is -2.30. The van der Waals surface area contributed by atoms with Crippen molar-refractivity contribution in [2.24, 2.45) is 5.73 Å². The highest BCUT2D eigenvalue weighted by Gasteiger charge is 2.35. The van der Waals surface area contributed by atoms with Crippen molar-refractivity contribution in [3.05, 3.63) is 34.9 Å². The third kappa shape index (κ3) is 2.26. The van der Waals surface area contributed by atoms with Crippen molar-refractivity contribution in [1.82, 2.24) is 0 Å². The minimum absolute atomic E-state index is 0.288. The van der Waals surface area contributed by atoms with Gasteiger partial charge in [0.15, 0.2) is 0 Å². The lowest BCUT2D eigenvalue weighted by atomic mass is 9.75. The zero-order valence-corrected chi connectivity index (χ0v) is 11.3. The number of hydrogen-bond acceptors (Lipinski definition) is 1. The molecule has 0 spiro atoms. The molecule has 1 aromatic carbocycles. The van der Waals surface area contributed by atoms with Crippen LogP contribution in [0, 0.1) is 0 Å². The second-order valence-electron chi connectivity index (χ2n) is 5.39. The molecule has 0 heterocycles. The fraction of sp³-hybridized carbons (Fsp3) is 0.625. The van der Waals surface area contributed by atoms with Crippen molar-refractivity contribution in [2.45, 2.75) is 57.8 Å². The molecule has 1 aromatic rings. The molecule has 1 nitrogen and oxygen atoms in total. The molecule has 94 valence electrons. The van der Waals surface area contributed by atoms with E-state index in [-0.39, 0.29) is 5.41 Å². The van der Waals surface area contributed by atoms with Crippen LogP contribution in [0.15, 0.2) is 18.2 Å². The number of rotatable bonds is 4. The molecule has 0 saturated heterocycles. The topological polar surface area (TPSA) is 26.0 Å². The van der Waals surface area contributed by atoms with E-state index in [1.807, 2.05) is 0 Å². The Labute approximate surface area is 105 Å². The predicted molar refractivity (Wildman–Crippen MR) is 74.4 cm³/mol. The van der Waals surface area contributed by atoms with E-state index < -0.39 is 0 Å². The Bertz CT molecular complexity index is 375. The second kappa shape index (κ2) is 5.22. The molecule has 2 N–H and O–H groups in total. The number of aryl methyl sites for hydroxylation is 2. The molecule has 0 bridgehead atoms. The molecular weight excluding hydrogens is 206 g/mol. The molecule has 2 rings (SSSR count). The summed E-state index contributed by atoms with van der Waals surface area (Å²) in [6.45, 7) is 5.30. The van der Waals surface area contributed by atoms with E-state index in [9.17, 15) is 0 Å². The molecule has 0 radical (unpaired) electrons. The molecule has 0 atom stereocenters. The Morgan fingerprint density at radius 2 is 1.82 bits per heavy atom. The van der Waals surface area contributed by atoms with Crippen LogP contribution in [0.1, 0.15) is 56.2 Å². The van der Waals surface area contributed by atoms with Gasteiger partial charge in [-0.1, -0.05) is 44.9 Å². The average molecular weight is 231 g/mol. The molecule has 0 unspecified atom stereocenters. The number of nitrogens with two attached hydrogens (primary N) is 1. The molecule has 1 saturated carbocycles. The maximum Gasteiger partial charge on any atom is 0.00783 e. The Morgan fingerprint density at radius 1 is 1.12 bits per heavy atom. The van der Waals surface area contributed by atoms with Crippen LogP contribution in [0.4, 0.5) is 0 Å². The van der Waals surface area contributed by atoms with Crippen LogP contribution < -0.4 is 5.73 Å². The van der Waals surface area contributed by atoms with Gasteiger partial charge in [0.1, 0.15) is 0 Å². The predicted octanol–water partition coefficient (Wildman–Crippen LogP) is 3.58. The van der Waals surface area contributed by atoms with Crippen molar-refractivity contribution in [3.63, 3.8) is 0 Å². The summed E-state index contributed by atoms with van der Waals surface area (Å²) in [5.41, 5.74) is 10.9. The summed E-state index contributed by atoms with van der Waals surface area (Å²) in [5, 5.41) is 0. The minimum Gasteiger partial charge on any atom is -0.330 e. The van der Waals surface area contributed by atoms with Gasteiger partial charge in [-0.05, 0) is 42.4 Å². The third-order valence-corrected chi connectivity index (χ3v) is 4.49. The van der Waals surface area contributed by atoms with Gasteiger partial charge >= 0.3 is 0 Å². The van der Waals surface area contributed by atoms with Gasteiger partial charge in [-0.15, -0.1) is 0 Å². The van der Waals surface area contributed by atoms with E-state index in [4.69, 9.17) is 5.73 Å². The van der Waals surface area contributed by atoms with Gasteiger partial charge in [0.25, 0.3) is 0 Å². The van der Waals surface area contributed by atoms with E-state index in [0.29, 0.717) is 0 Å². The summed E-state index contributed by atoms with van der Waals surface area (Å²) in [6.07, 6.45) is 7.50. The van der Waals surface area contributed by atoms with Crippen LogP contribution in [-0.4, -0.2) is 6.54 Å². The Kier molecular flexibility index (Phi) is 3.88. The van der Waals surface area contributed by atoms with Crippen LogP contribution in [0.25, 0.3) is 0 Å². The third-order valence-electron chi connectivity index (χ3n) is 4.49. The molecule has 0 aliphatic heterocycles. The fourth-order valence-corrected chi connectivity index (χ4v) is 3.28. The molecule has 1 aliphatic rings. The SMILES string of the molecule is CCc1ccc(CC)c(C2(CN)CCCC2)c1. The normalized spacial score (nSPS) is 18.5. The Hall–Kier alpha value is -0.820. The van der Waals surface area contributed by atoms with E-state index in [1.54, 1.807) is 5.56 Å². The molecule has 0 aromatic heterocycles. The van der Waals surface area contributed by atoms with Crippen LogP contribution in [0.5, 0.6) is 0 Å². The van der Waals surface area contributed by atoms with Crippen molar-refractivity contribution in [1.29, 1.82) is 0 Å². The number of hydrogen-bond donors (Lipinski definition) is 1. The molecule has 1 aliphatic carbocycles. The Balaban J connectivity index is 2.46. The van der Waals surface area contributed by atoms with Gasteiger partial charge < -0.3 is 5.73 Å². The van der Waals surface area contributed by atoms with Crippen LogP contribution in [-0.2, 0) is 18.3 Å². The zero-order chi connectivity index (χ0) is 12.3. The Morgan fingerprint density at radius 3 is 2.35 bits per heavy atom. The van der Waals surface area contributed by atoms with Gasteiger partial charge in [-0.25, -0.2) is 0 Å². The highest BCUT2D eigenvalue weighted by molar-refractivity contribution is 5.39. The van der Waals surface area contributed by atoms with Crippen LogP contribution in [0.3, 0.4) is 0 Å². The molecular formula is C16H25N. The van der Waals surface area contributed by atoms with Gasteiger partial charge in [0, 0.05) is 12.0 Å². The standard InChI is InChI=1S/C16H25N/c1-3-13-7-8-14(4-2)15(11-13)16(12-17)9-5-6-10-16/h7-8,11H,3-6,9-10,12,17H2,1-2H3. The molecule has 1 fully saturated rings. The smallest absolute Gasteiger partial charge is 0.00783 e. The van der Waals surface area contributed by atoms with Crippen LogP contribution >= 0.6 is 0 Å². The summed E-state index contributed by atoms with van der Waals surface area (Å²) in [4.78, 5) is 0. The molecule has 1 heteroatoms. The summed E-state index contributed by atoms with van der Waals surface area (Å²) in [7, 11) is 0. The first-order valence-corrected chi connectivity index (χ1v) is 7.08. The van der Waals surface area contributed by atoms with Crippen LogP contribution in [0.2, 0.25) is 0 Å².